The van der Waals surface area contributed by atoms with Gasteiger partial charge < -0.3 is 15.0 Å². The van der Waals surface area contributed by atoms with Gasteiger partial charge in [0.05, 0.1) is 12.8 Å². The SMILES string of the molecule is S=c1ncc(OCC2CCNC2)c[nH]1. The fraction of sp³-hybridized carbons (Fsp3) is 0.556. The van der Waals surface area contributed by atoms with Crippen molar-refractivity contribution in [2.24, 2.45) is 5.92 Å². The number of rotatable bonds is 3. The maximum atomic E-state index is 5.56. The van der Waals surface area contributed by atoms with Gasteiger partial charge in [0, 0.05) is 18.7 Å². The maximum absolute atomic E-state index is 5.56. The summed E-state index contributed by atoms with van der Waals surface area (Å²) in [5.41, 5.74) is 0. The molecule has 76 valence electrons. The summed E-state index contributed by atoms with van der Waals surface area (Å²) in [5, 5.41) is 3.30. The number of hydrogen-bond acceptors (Lipinski definition) is 4. The van der Waals surface area contributed by atoms with E-state index < -0.39 is 0 Å². The zero-order valence-electron chi connectivity index (χ0n) is 7.82. The van der Waals surface area contributed by atoms with Crippen LogP contribution in [0.15, 0.2) is 12.4 Å². The van der Waals surface area contributed by atoms with Crippen molar-refractivity contribution in [1.82, 2.24) is 15.3 Å². The Morgan fingerprint density at radius 1 is 1.64 bits per heavy atom. The summed E-state index contributed by atoms with van der Waals surface area (Å²) in [6.07, 6.45) is 4.59. The van der Waals surface area contributed by atoms with E-state index in [0.717, 1.165) is 25.4 Å². The summed E-state index contributed by atoms with van der Waals surface area (Å²) < 4.78 is 6.05. The molecular weight excluding hydrogens is 198 g/mol. The fourth-order valence-electron chi connectivity index (χ4n) is 1.48. The number of nitrogens with zero attached hydrogens (tertiary/aromatic N) is 1. The van der Waals surface area contributed by atoms with E-state index in [9.17, 15) is 0 Å². The van der Waals surface area contributed by atoms with Gasteiger partial charge >= 0.3 is 0 Å². The number of ether oxygens (including phenoxy) is 1. The largest absolute Gasteiger partial charge is 0.490 e. The Bertz CT molecular complexity index is 326. The molecular formula is C9H13N3OS. The quantitative estimate of drug-likeness (QED) is 0.736. The van der Waals surface area contributed by atoms with E-state index >= 15 is 0 Å². The van der Waals surface area contributed by atoms with Crippen LogP contribution in [0.1, 0.15) is 6.42 Å². The van der Waals surface area contributed by atoms with E-state index in [1.807, 2.05) is 0 Å². The Hall–Kier alpha value is -0.940. The Kier molecular flexibility index (Phi) is 3.10. The Labute approximate surface area is 87.7 Å². The van der Waals surface area contributed by atoms with E-state index in [0.29, 0.717) is 10.7 Å². The molecule has 5 heteroatoms. The summed E-state index contributed by atoms with van der Waals surface area (Å²) in [6.45, 7) is 2.90. The highest BCUT2D eigenvalue weighted by Gasteiger charge is 2.14. The number of aromatic amines is 1. The van der Waals surface area contributed by atoms with Gasteiger partial charge in [-0.3, -0.25) is 0 Å². The first kappa shape index (κ1) is 9.61. The van der Waals surface area contributed by atoms with Gasteiger partial charge in [-0.05, 0) is 25.2 Å². The third kappa shape index (κ3) is 2.52. The second-order valence-corrected chi connectivity index (χ2v) is 3.81. The molecule has 0 amide bonds. The predicted octanol–water partition coefficient (Wildman–Crippen LogP) is 1.13. The standard InChI is InChI=1S/C9H13N3OS/c14-9-11-4-8(5-12-9)13-6-7-1-2-10-3-7/h4-5,7,10H,1-3,6H2,(H,11,12,14). The number of H-pyrrole nitrogens is 1. The van der Waals surface area contributed by atoms with Gasteiger partial charge in [0.1, 0.15) is 0 Å². The van der Waals surface area contributed by atoms with Crippen LogP contribution in [0.4, 0.5) is 0 Å². The number of hydrogen-bond donors (Lipinski definition) is 2. The van der Waals surface area contributed by atoms with E-state index in [1.165, 1.54) is 6.42 Å². The van der Waals surface area contributed by atoms with Crippen molar-refractivity contribution < 1.29 is 4.74 Å². The summed E-state index contributed by atoms with van der Waals surface area (Å²) >= 11 is 4.83. The molecule has 4 nitrogen and oxygen atoms in total. The van der Waals surface area contributed by atoms with Crippen molar-refractivity contribution in [1.29, 1.82) is 0 Å². The lowest BCUT2D eigenvalue weighted by atomic mass is 10.1. The lowest BCUT2D eigenvalue weighted by Gasteiger charge is -2.09. The van der Waals surface area contributed by atoms with Crippen LogP contribution in [-0.2, 0) is 0 Å². The van der Waals surface area contributed by atoms with Crippen LogP contribution in [-0.4, -0.2) is 29.7 Å². The molecule has 0 aliphatic carbocycles. The van der Waals surface area contributed by atoms with Gasteiger partial charge in [0.15, 0.2) is 10.5 Å². The molecule has 0 saturated carbocycles. The maximum Gasteiger partial charge on any atom is 0.196 e. The topological polar surface area (TPSA) is 49.9 Å². The third-order valence-electron chi connectivity index (χ3n) is 2.30. The van der Waals surface area contributed by atoms with Gasteiger partial charge in [0.2, 0.25) is 0 Å². The van der Waals surface area contributed by atoms with Crippen molar-refractivity contribution in [2.75, 3.05) is 19.7 Å². The van der Waals surface area contributed by atoms with Crippen molar-refractivity contribution in [2.45, 2.75) is 6.42 Å². The third-order valence-corrected chi connectivity index (χ3v) is 2.52. The number of nitrogens with one attached hydrogen (secondary N) is 2. The van der Waals surface area contributed by atoms with Gasteiger partial charge in [-0.1, -0.05) is 0 Å². The van der Waals surface area contributed by atoms with E-state index in [4.69, 9.17) is 17.0 Å². The first-order valence-electron chi connectivity index (χ1n) is 4.73. The highest BCUT2D eigenvalue weighted by atomic mass is 32.1. The van der Waals surface area contributed by atoms with Crippen LogP contribution in [0.5, 0.6) is 5.75 Å². The van der Waals surface area contributed by atoms with Crippen molar-refractivity contribution in [3.63, 3.8) is 0 Å². The van der Waals surface area contributed by atoms with E-state index in [1.54, 1.807) is 12.4 Å². The van der Waals surface area contributed by atoms with Gasteiger partial charge in [-0.15, -0.1) is 0 Å². The zero-order valence-corrected chi connectivity index (χ0v) is 8.64. The molecule has 0 bridgehead atoms. The lowest BCUT2D eigenvalue weighted by molar-refractivity contribution is 0.258. The highest BCUT2D eigenvalue weighted by molar-refractivity contribution is 7.71. The molecule has 1 aliphatic rings. The molecule has 2 heterocycles. The summed E-state index contributed by atoms with van der Waals surface area (Å²) in [7, 11) is 0. The molecule has 0 spiro atoms. The van der Waals surface area contributed by atoms with Gasteiger partial charge in [-0.25, -0.2) is 4.98 Å². The van der Waals surface area contributed by atoms with Crippen LogP contribution in [0.3, 0.4) is 0 Å². The summed E-state index contributed by atoms with van der Waals surface area (Å²) in [6, 6.07) is 0. The smallest absolute Gasteiger partial charge is 0.196 e. The molecule has 1 unspecified atom stereocenters. The summed E-state index contributed by atoms with van der Waals surface area (Å²) in [4.78, 5) is 6.78. The molecule has 2 N–H and O–H groups in total. The molecule has 1 fully saturated rings. The van der Waals surface area contributed by atoms with Gasteiger partial charge in [0.25, 0.3) is 0 Å². The number of aromatic nitrogens is 2. The summed E-state index contributed by atoms with van der Waals surface area (Å²) in [5.74, 6) is 1.38. The van der Waals surface area contributed by atoms with E-state index in [2.05, 4.69) is 15.3 Å². The second-order valence-electron chi connectivity index (χ2n) is 3.42. The first-order chi connectivity index (χ1) is 6.84. The minimum absolute atomic E-state index is 0.486. The molecule has 1 aromatic rings. The minimum atomic E-state index is 0.486. The van der Waals surface area contributed by atoms with Crippen molar-refractivity contribution in [3.05, 3.63) is 17.2 Å². The molecule has 1 aliphatic heterocycles. The Balaban J connectivity index is 1.85. The van der Waals surface area contributed by atoms with Crippen molar-refractivity contribution in [3.8, 4) is 5.75 Å². The van der Waals surface area contributed by atoms with Crippen LogP contribution >= 0.6 is 12.2 Å². The normalized spacial score (nSPS) is 21.0. The van der Waals surface area contributed by atoms with E-state index in [-0.39, 0.29) is 0 Å². The van der Waals surface area contributed by atoms with Crippen molar-refractivity contribution >= 4 is 12.2 Å². The second kappa shape index (κ2) is 4.52. The average Bonchev–Trinajstić information content (AvgIpc) is 2.70. The Morgan fingerprint density at radius 2 is 2.57 bits per heavy atom. The minimum Gasteiger partial charge on any atom is -0.490 e. The Morgan fingerprint density at radius 3 is 3.21 bits per heavy atom. The molecule has 1 atom stereocenters. The van der Waals surface area contributed by atoms with Crippen LogP contribution in [0.2, 0.25) is 0 Å². The lowest BCUT2D eigenvalue weighted by Crippen LogP contribution is -2.15. The molecule has 2 rings (SSSR count). The molecule has 14 heavy (non-hydrogen) atoms. The van der Waals surface area contributed by atoms with Crippen LogP contribution < -0.4 is 10.1 Å². The molecule has 1 aromatic heterocycles. The highest BCUT2D eigenvalue weighted by Crippen LogP contribution is 2.11. The fourth-order valence-corrected chi connectivity index (χ4v) is 1.59. The zero-order chi connectivity index (χ0) is 9.80. The monoisotopic (exact) mass is 211 g/mol. The average molecular weight is 211 g/mol. The molecule has 0 radical (unpaired) electrons. The van der Waals surface area contributed by atoms with Crippen LogP contribution in [0.25, 0.3) is 0 Å². The van der Waals surface area contributed by atoms with Crippen LogP contribution in [0, 0.1) is 10.7 Å². The first-order valence-corrected chi connectivity index (χ1v) is 5.13. The predicted molar refractivity (Wildman–Crippen MR) is 55.9 cm³/mol. The van der Waals surface area contributed by atoms with Gasteiger partial charge in [-0.2, -0.15) is 0 Å². The molecule has 1 saturated heterocycles. The molecule has 0 aromatic carbocycles.